The lowest BCUT2D eigenvalue weighted by Gasteiger charge is -2.28. The number of nitrogens with zero attached hydrogens (tertiary/aromatic N) is 3. The zero-order valence-corrected chi connectivity index (χ0v) is 13.2. The summed E-state index contributed by atoms with van der Waals surface area (Å²) in [7, 11) is 0. The van der Waals surface area contributed by atoms with E-state index >= 15 is 0 Å². The van der Waals surface area contributed by atoms with E-state index in [0.717, 1.165) is 22.1 Å². The first-order valence-corrected chi connectivity index (χ1v) is 8.72. The van der Waals surface area contributed by atoms with Gasteiger partial charge in [0.25, 0.3) is 0 Å². The van der Waals surface area contributed by atoms with E-state index in [1.54, 1.807) is 18.1 Å². The summed E-state index contributed by atoms with van der Waals surface area (Å²) in [6, 6.07) is 13.1. The summed E-state index contributed by atoms with van der Waals surface area (Å²) in [4.78, 5) is 4.17. The van der Waals surface area contributed by atoms with Gasteiger partial charge in [0, 0.05) is 11.8 Å². The highest BCUT2D eigenvalue weighted by molar-refractivity contribution is 8.00. The van der Waals surface area contributed by atoms with Crippen LogP contribution in [0, 0.1) is 11.3 Å². The zero-order chi connectivity index (χ0) is 14.5. The lowest BCUT2D eigenvalue weighted by Crippen LogP contribution is -2.43. The molecule has 6 heteroatoms. The minimum absolute atomic E-state index is 0.483. The summed E-state index contributed by atoms with van der Waals surface area (Å²) in [5, 5.41) is 13.4. The Hall–Kier alpha value is -1.42. The number of hydrogen-bond donors (Lipinski definition) is 1. The number of hydrogen-bond acceptors (Lipinski definition) is 6. The van der Waals surface area contributed by atoms with Crippen molar-refractivity contribution >= 4 is 23.3 Å². The van der Waals surface area contributed by atoms with Crippen LogP contribution in [0.3, 0.4) is 0 Å². The van der Waals surface area contributed by atoms with E-state index in [1.807, 2.05) is 30.3 Å². The first kappa shape index (κ1) is 14.5. The highest BCUT2D eigenvalue weighted by Gasteiger charge is 2.37. The lowest BCUT2D eigenvalue weighted by molar-refractivity contribution is 0.412. The molecule has 1 aliphatic carbocycles. The van der Waals surface area contributed by atoms with Gasteiger partial charge >= 0.3 is 0 Å². The molecule has 1 heterocycles. The third kappa shape index (κ3) is 3.62. The Bertz CT molecular complexity index is 604. The molecule has 1 aromatic carbocycles. The fourth-order valence-corrected chi connectivity index (χ4v) is 3.84. The summed E-state index contributed by atoms with van der Waals surface area (Å²) in [6.07, 6.45) is 4.66. The van der Waals surface area contributed by atoms with Crippen molar-refractivity contribution in [2.75, 3.05) is 5.75 Å². The molecule has 1 aromatic heterocycles. The minimum atomic E-state index is -0.597. The predicted octanol–water partition coefficient (Wildman–Crippen LogP) is 3.19. The minimum Gasteiger partial charge on any atom is -0.293 e. The first-order valence-electron chi connectivity index (χ1n) is 6.96. The van der Waals surface area contributed by atoms with Gasteiger partial charge in [-0.1, -0.05) is 42.1 Å². The van der Waals surface area contributed by atoms with Crippen LogP contribution in [0.15, 0.2) is 41.0 Å². The molecule has 0 aliphatic heterocycles. The van der Waals surface area contributed by atoms with Crippen LogP contribution in [-0.2, 0) is 5.54 Å². The lowest BCUT2D eigenvalue weighted by atomic mass is 9.88. The van der Waals surface area contributed by atoms with Crippen LogP contribution in [0.25, 0.3) is 0 Å². The fourth-order valence-electron chi connectivity index (χ4n) is 2.27. The third-order valence-corrected chi connectivity index (χ3v) is 5.33. The highest BCUT2D eigenvalue weighted by atomic mass is 32.2. The molecule has 1 atom stereocenters. The Kier molecular flexibility index (Phi) is 4.54. The molecule has 1 saturated carbocycles. The van der Waals surface area contributed by atoms with Gasteiger partial charge in [0.1, 0.15) is 11.9 Å². The van der Waals surface area contributed by atoms with E-state index in [1.165, 1.54) is 24.4 Å². The second-order valence-corrected chi connectivity index (χ2v) is 7.23. The van der Waals surface area contributed by atoms with Crippen molar-refractivity contribution in [3.8, 4) is 6.07 Å². The van der Waals surface area contributed by atoms with Gasteiger partial charge in [-0.3, -0.25) is 5.32 Å². The number of aromatic nitrogens is 2. The van der Waals surface area contributed by atoms with Crippen molar-refractivity contribution in [3.05, 3.63) is 42.2 Å². The van der Waals surface area contributed by atoms with Gasteiger partial charge in [0.2, 0.25) is 0 Å². The molecule has 0 radical (unpaired) electrons. The molecule has 1 unspecified atom stereocenters. The summed E-state index contributed by atoms with van der Waals surface area (Å²) in [5.74, 6) is 0.845. The van der Waals surface area contributed by atoms with Gasteiger partial charge in [0.15, 0.2) is 4.34 Å². The molecule has 1 aliphatic rings. The van der Waals surface area contributed by atoms with E-state index in [-0.39, 0.29) is 0 Å². The number of benzene rings is 1. The molecule has 0 spiro atoms. The zero-order valence-electron chi connectivity index (χ0n) is 11.5. The van der Waals surface area contributed by atoms with Crippen molar-refractivity contribution in [2.24, 2.45) is 0 Å². The Morgan fingerprint density at radius 1 is 1.38 bits per heavy atom. The van der Waals surface area contributed by atoms with Crippen molar-refractivity contribution < 1.29 is 0 Å². The van der Waals surface area contributed by atoms with Crippen LogP contribution in [0.2, 0.25) is 0 Å². The van der Waals surface area contributed by atoms with Gasteiger partial charge in [-0.25, -0.2) is 4.98 Å². The van der Waals surface area contributed by atoms with Gasteiger partial charge in [-0.05, 0) is 36.4 Å². The monoisotopic (exact) mass is 316 g/mol. The number of thioether (sulfide) groups is 1. The molecule has 4 nitrogen and oxygen atoms in total. The second-order valence-electron chi connectivity index (χ2n) is 5.11. The average molecular weight is 316 g/mol. The maximum atomic E-state index is 9.82. The summed E-state index contributed by atoms with van der Waals surface area (Å²) in [6.45, 7) is 0. The maximum Gasteiger partial charge on any atom is 0.169 e. The number of rotatable bonds is 7. The molecule has 1 N–H and O–H groups in total. The number of nitrogens with one attached hydrogen (secondary N) is 1. The average Bonchev–Trinajstić information content (AvgIpc) is 3.19. The van der Waals surface area contributed by atoms with E-state index in [0.29, 0.717) is 6.04 Å². The molecule has 0 saturated heterocycles. The Balaban J connectivity index is 1.73. The fraction of sp³-hybridized carbons (Fsp3) is 0.400. The topological polar surface area (TPSA) is 61.6 Å². The van der Waals surface area contributed by atoms with E-state index < -0.39 is 5.54 Å². The van der Waals surface area contributed by atoms with Crippen LogP contribution in [-0.4, -0.2) is 21.2 Å². The van der Waals surface area contributed by atoms with Gasteiger partial charge < -0.3 is 0 Å². The van der Waals surface area contributed by atoms with Crippen molar-refractivity contribution in [3.63, 3.8) is 0 Å². The van der Waals surface area contributed by atoms with Gasteiger partial charge in [-0.2, -0.15) is 9.64 Å². The Labute approximate surface area is 132 Å². The van der Waals surface area contributed by atoms with Gasteiger partial charge in [-0.15, -0.1) is 0 Å². The molecule has 21 heavy (non-hydrogen) atoms. The van der Waals surface area contributed by atoms with Crippen molar-refractivity contribution in [2.45, 2.75) is 35.2 Å². The molecule has 2 aromatic rings. The third-order valence-electron chi connectivity index (χ3n) is 3.53. The van der Waals surface area contributed by atoms with E-state index in [2.05, 4.69) is 20.7 Å². The summed E-state index contributed by atoms with van der Waals surface area (Å²) < 4.78 is 4.96. The van der Waals surface area contributed by atoms with Crippen LogP contribution < -0.4 is 5.32 Å². The molecule has 0 bridgehead atoms. The van der Waals surface area contributed by atoms with Gasteiger partial charge in [0.05, 0.1) is 6.07 Å². The normalized spacial score (nSPS) is 17.1. The molecular formula is C15H16N4S2. The van der Waals surface area contributed by atoms with Crippen LogP contribution in [0.4, 0.5) is 0 Å². The van der Waals surface area contributed by atoms with Crippen LogP contribution in [0.5, 0.6) is 0 Å². The van der Waals surface area contributed by atoms with Crippen LogP contribution >= 0.6 is 23.3 Å². The maximum absolute atomic E-state index is 9.82. The Morgan fingerprint density at radius 2 is 2.19 bits per heavy atom. The highest BCUT2D eigenvalue weighted by Crippen LogP contribution is 2.33. The molecule has 108 valence electrons. The SMILES string of the molecule is N#CC(CCSc1ncns1)(NC1CC1)c1ccccc1. The summed E-state index contributed by atoms with van der Waals surface area (Å²) in [5.41, 5.74) is 0.456. The van der Waals surface area contributed by atoms with Crippen molar-refractivity contribution in [1.82, 2.24) is 14.7 Å². The molecule has 3 rings (SSSR count). The number of nitriles is 1. The first-order chi connectivity index (χ1) is 10.3. The molecular weight excluding hydrogens is 300 g/mol. The Morgan fingerprint density at radius 3 is 2.81 bits per heavy atom. The second kappa shape index (κ2) is 6.56. The quantitative estimate of drug-likeness (QED) is 0.795. The predicted molar refractivity (Wildman–Crippen MR) is 85.1 cm³/mol. The van der Waals surface area contributed by atoms with Crippen LogP contribution in [0.1, 0.15) is 24.8 Å². The molecule has 1 fully saturated rings. The van der Waals surface area contributed by atoms with E-state index in [9.17, 15) is 5.26 Å². The molecule has 0 amide bonds. The largest absolute Gasteiger partial charge is 0.293 e. The standard InChI is InChI=1S/C15H16N4S2/c16-10-15(19-13-6-7-13,12-4-2-1-3-5-12)8-9-20-14-17-11-18-21-14/h1-5,11,13,19H,6-9H2. The van der Waals surface area contributed by atoms with Crippen molar-refractivity contribution in [1.29, 1.82) is 5.26 Å². The smallest absolute Gasteiger partial charge is 0.169 e. The van der Waals surface area contributed by atoms with E-state index in [4.69, 9.17) is 0 Å². The summed E-state index contributed by atoms with van der Waals surface area (Å²) >= 11 is 3.07.